The molecule has 1 fully saturated rings. The van der Waals surface area contributed by atoms with Gasteiger partial charge in [-0.2, -0.15) is 5.10 Å². The second kappa shape index (κ2) is 3.09. The minimum Gasteiger partial charge on any atom is -0.395 e. The average Bonchev–Trinajstić information content (AvgIpc) is 2.55. The minimum absolute atomic E-state index is 0.276. The molecular formula is C10H18BN2O2+. The molecule has 15 heavy (non-hydrogen) atoms. The summed E-state index contributed by atoms with van der Waals surface area (Å²) in [6, 6.07) is 1.97. The van der Waals surface area contributed by atoms with Gasteiger partial charge >= 0.3 is 7.12 Å². The number of aromatic amines is 1. The predicted molar refractivity (Wildman–Crippen MR) is 57.7 cm³/mol. The predicted octanol–water partition coefficient (Wildman–Crippen LogP) is 0.138. The van der Waals surface area contributed by atoms with Crippen LogP contribution in [0.3, 0.4) is 0 Å². The van der Waals surface area contributed by atoms with Crippen LogP contribution in [0.25, 0.3) is 0 Å². The summed E-state index contributed by atoms with van der Waals surface area (Å²) in [5.41, 5.74) is 0.456. The van der Waals surface area contributed by atoms with E-state index in [1.807, 2.05) is 24.0 Å². The van der Waals surface area contributed by atoms with Gasteiger partial charge in [-0.1, -0.05) is 0 Å². The van der Waals surface area contributed by atoms with Crippen molar-refractivity contribution in [1.82, 2.24) is 5.10 Å². The van der Waals surface area contributed by atoms with Crippen molar-refractivity contribution in [2.45, 2.75) is 38.9 Å². The van der Waals surface area contributed by atoms with Crippen molar-refractivity contribution >= 4 is 12.7 Å². The molecule has 0 radical (unpaired) electrons. The van der Waals surface area contributed by atoms with Crippen LogP contribution in [-0.2, 0) is 16.4 Å². The zero-order valence-electron chi connectivity index (χ0n) is 10.00. The highest BCUT2D eigenvalue weighted by Crippen LogP contribution is 2.36. The highest BCUT2D eigenvalue weighted by molar-refractivity contribution is 6.60. The Kier molecular flexibility index (Phi) is 2.21. The molecule has 0 saturated carbocycles. The standard InChI is InChI=1S/C10H17BN2O2/c1-9(2)10(3,4)15-11(14-9)8-6-7-12-13(8)5/h6-7H,1-5H3/p+1. The van der Waals surface area contributed by atoms with Gasteiger partial charge in [-0.05, 0) is 27.7 Å². The Morgan fingerprint density at radius 1 is 1.20 bits per heavy atom. The van der Waals surface area contributed by atoms with Gasteiger partial charge in [0.25, 0.3) is 0 Å². The van der Waals surface area contributed by atoms with E-state index in [0.29, 0.717) is 0 Å². The van der Waals surface area contributed by atoms with Crippen molar-refractivity contribution in [2.75, 3.05) is 0 Å². The normalized spacial score (nSPS) is 23.4. The van der Waals surface area contributed by atoms with Crippen LogP contribution >= 0.6 is 0 Å². The fourth-order valence-corrected chi connectivity index (χ4v) is 1.62. The van der Waals surface area contributed by atoms with E-state index in [4.69, 9.17) is 9.31 Å². The molecular weight excluding hydrogens is 191 g/mol. The molecule has 0 aromatic carbocycles. The molecule has 1 aromatic rings. The topological polar surface area (TPSA) is 38.1 Å². The maximum Gasteiger partial charge on any atom is 0.570 e. The van der Waals surface area contributed by atoms with Gasteiger partial charge in [-0.15, -0.1) is 4.68 Å². The maximum atomic E-state index is 5.93. The fourth-order valence-electron chi connectivity index (χ4n) is 1.62. The third-order valence-electron chi connectivity index (χ3n) is 3.40. The molecule has 1 aliphatic heterocycles. The molecule has 0 bridgehead atoms. The monoisotopic (exact) mass is 209 g/mol. The quantitative estimate of drug-likeness (QED) is 0.527. The Balaban J connectivity index is 2.27. The molecule has 2 heterocycles. The van der Waals surface area contributed by atoms with Gasteiger partial charge < -0.3 is 9.31 Å². The number of hydrogen-bond acceptors (Lipinski definition) is 2. The summed E-state index contributed by atoms with van der Waals surface area (Å²) in [5, 5.41) is 3.06. The lowest BCUT2D eigenvalue weighted by Gasteiger charge is -2.32. The van der Waals surface area contributed by atoms with E-state index in [1.54, 1.807) is 0 Å². The first-order valence-electron chi connectivity index (χ1n) is 5.22. The van der Waals surface area contributed by atoms with Gasteiger partial charge in [-0.3, -0.25) is 0 Å². The largest absolute Gasteiger partial charge is 0.570 e. The zero-order chi connectivity index (χ0) is 11.3. The first-order valence-corrected chi connectivity index (χ1v) is 5.22. The van der Waals surface area contributed by atoms with Crippen LogP contribution in [-0.4, -0.2) is 23.4 Å². The van der Waals surface area contributed by atoms with Gasteiger partial charge in [0.2, 0.25) is 5.59 Å². The lowest BCUT2D eigenvalue weighted by molar-refractivity contribution is -0.711. The van der Waals surface area contributed by atoms with E-state index in [1.165, 1.54) is 0 Å². The number of hydrogen-bond donors (Lipinski definition) is 1. The maximum absolute atomic E-state index is 5.93. The van der Waals surface area contributed by atoms with Crippen LogP contribution in [0.2, 0.25) is 0 Å². The average molecular weight is 209 g/mol. The highest BCUT2D eigenvalue weighted by atomic mass is 16.7. The van der Waals surface area contributed by atoms with Crippen molar-refractivity contribution < 1.29 is 14.0 Å². The first kappa shape index (κ1) is 10.7. The van der Waals surface area contributed by atoms with Crippen molar-refractivity contribution in [2.24, 2.45) is 7.05 Å². The number of H-pyrrole nitrogens is 1. The number of aromatic nitrogens is 2. The summed E-state index contributed by atoms with van der Waals surface area (Å²) in [6.45, 7) is 8.22. The lowest BCUT2D eigenvalue weighted by Crippen LogP contribution is -2.55. The SMILES string of the molecule is C[n+]1[nH]ccc1B1OC(C)(C)C(C)(C)O1. The number of nitrogens with zero attached hydrogens (tertiary/aromatic N) is 1. The molecule has 0 amide bonds. The molecule has 5 heteroatoms. The molecule has 2 rings (SSSR count). The molecule has 1 saturated heterocycles. The van der Waals surface area contributed by atoms with Gasteiger partial charge in [0, 0.05) is 6.07 Å². The van der Waals surface area contributed by atoms with Crippen LogP contribution < -0.4 is 10.3 Å². The molecule has 0 aliphatic carbocycles. The van der Waals surface area contributed by atoms with Crippen molar-refractivity contribution in [3.63, 3.8) is 0 Å². The Hall–Kier alpha value is -0.805. The number of nitrogens with one attached hydrogen (secondary N) is 1. The molecule has 4 nitrogen and oxygen atoms in total. The van der Waals surface area contributed by atoms with Crippen molar-refractivity contribution in [3.8, 4) is 0 Å². The van der Waals surface area contributed by atoms with Crippen molar-refractivity contribution in [3.05, 3.63) is 12.3 Å². The van der Waals surface area contributed by atoms with Gasteiger partial charge in [-0.25, -0.2) is 0 Å². The van der Waals surface area contributed by atoms with Crippen LogP contribution in [0.4, 0.5) is 0 Å². The molecule has 82 valence electrons. The Bertz CT molecular complexity index is 357. The molecule has 0 unspecified atom stereocenters. The summed E-state index contributed by atoms with van der Waals surface area (Å²) in [4.78, 5) is 0. The summed E-state index contributed by atoms with van der Waals surface area (Å²) in [5.74, 6) is 0. The van der Waals surface area contributed by atoms with E-state index in [2.05, 4.69) is 32.8 Å². The smallest absolute Gasteiger partial charge is 0.395 e. The number of aryl methyl sites for hydroxylation is 1. The molecule has 0 spiro atoms. The van der Waals surface area contributed by atoms with Crippen LogP contribution in [0.15, 0.2) is 12.3 Å². The van der Waals surface area contributed by atoms with E-state index in [0.717, 1.165) is 5.59 Å². The summed E-state index contributed by atoms with van der Waals surface area (Å²) >= 11 is 0. The Labute approximate surface area is 90.7 Å². The summed E-state index contributed by atoms with van der Waals surface area (Å²) in [6.07, 6.45) is 1.88. The molecule has 1 N–H and O–H groups in total. The van der Waals surface area contributed by atoms with E-state index < -0.39 is 0 Å². The van der Waals surface area contributed by atoms with Gasteiger partial charge in [0.15, 0.2) is 7.05 Å². The van der Waals surface area contributed by atoms with Crippen LogP contribution in [0.5, 0.6) is 0 Å². The number of rotatable bonds is 1. The lowest BCUT2D eigenvalue weighted by atomic mass is 9.85. The Morgan fingerprint density at radius 2 is 1.73 bits per heavy atom. The van der Waals surface area contributed by atoms with E-state index in [9.17, 15) is 0 Å². The second-order valence-corrected chi connectivity index (χ2v) is 5.03. The van der Waals surface area contributed by atoms with Crippen LogP contribution in [0, 0.1) is 0 Å². The third-order valence-corrected chi connectivity index (χ3v) is 3.40. The second-order valence-electron chi connectivity index (χ2n) is 5.03. The minimum atomic E-state index is -0.286. The summed E-state index contributed by atoms with van der Waals surface area (Å²) in [7, 11) is 1.66. The third kappa shape index (κ3) is 1.60. The highest BCUT2D eigenvalue weighted by Gasteiger charge is 2.55. The Morgan fingerprint density at radius 3 is 2.13 bits per heavy atom. The molecule has 0 atom stereocenters. The van der Waals surface area contributed by atoms with Gasteiger partial charge in [0.05, 0.1) is 17.4 Å². The summed E-state index contributed by atoms with van der Waals surface area (Å²) < 4.78 is 13.8. The van der Waals surface area contributed by atoms with E-state index >= 15 is 0 Å². The molecule has 1 aliphatic rings. The fraction of sp³-hybridized carbons (Fsp3) is 0.700. The van der Waals surface area contributed by atoms with Gasteiger partial charge in [0.1, 0.15) is 0 Å². The zero-order valence-corrected chi connectivity index (χ0v) is 10.00. The van der Waals surface area contributed by atoms with E-state index in [-0.39, 0.29) is 18.3 Å². The van der Waals surface area contributed by atoms with Crippen molar-refractivity contribution in [1.29, 1.82) is 0 Å². The first-order chi connectivity index (χ1) is 6.83. The van der Waals surface area contributed by atoms with Crippen LogP contribution in [0.1, 0.15) is 27.7 Å². The molecule has 1 aromatic heterocycles.